The molecule has 2 heterocycles. The first-order valence-corrected chi connectivity index (χ1v) is 8.07. The summed E-state index contributed by atoms with van der Waals surface area (Å²) in [7, 11) is -3.00. The summed E-state index contributed by atoms with van der Waals surface area (Å²) in [5.74, 6) is 0. The molecule has 0 spiro atoms. The summed E-state index contributed by atoms with van der Waals surface area (Å²) in [4.78, 5) is 2.42. The maximum atomic E-state index is 11.4. The van der Waals surface area contributed by atoms with Gasteiger partial charge in [0.25, 0.3) is 0 Å². The molecule has 0 aromatic rings. The smallest absolute Gasteiger partial charge is 0.211 e. The summed E-state index contributed by atoms with van der Waals surface area (Å²) in [6, 6.07) is 0.562. The molecule has 2 rings (SSSR count). The second-order valence-corrected chi connectivity index (χ2v) is 7.80. The average Bonchev–Trinajstić information content (AvgIpc) is 2.58. The Morgan fingerprint density at radius 2 is 1.76 bits per heavy atom. The lowest BCUT2D eigenvalue weighted by Gasteiger charge is -2.36. The van der Waals surface area contributed by atoms with E-state index in [1.54, 1.807) is 4.31 Å². The molecule has 1 N–H and O–H groups in total. The summed E-state index contributed by atoms with van der Waals surface area (Å²) >= 11 is 0. The maximum Gasteiger partial charge on any atom is 0.211 e. The molecule has 0 radical (unpaired) electrons. The van der Waals surface area contributed by atoms with Crippen molar-refractivity contribution in [3.05, 3.63) is 0 Å². The molecule has 0 saturated carbocycles. The van der Waals surface area contributed by atoms with Crippen molar-refractivity contribution in [1.29, 1.82) is 0 Å². The minimum atomic E-state index is -3.00. The van der Waals surface area contributed by atoms with Gasteiger partial charge in [0.2, 0.25) is 10.0 Å². The monoisotopic (exact) mass is 261 g/mol. The van der Waals surface area contributed by atoms with Crippen molar-refractivity contribution in [2.24, 2.45) is 0 Å². The van der Waals surface area contributed by atoms with Gasteiger partial charge in [-0.25, -0.2) is 8.42 Å². The first-order valence-electron chi connectivity index (χ1n) is 6.22. The zero-order valence-electron chi connectivity index (χ0n) is 10.9. The lowest BCUT2D eigenvalue weighted by molar-refractivity contribution is 0.142. The van der Waals surface area contributed by atoms with Crippen LogP contribution in [0.1, 0.15) is 20.3 Å². The van der Waals surface area contributed by atoms with Crippen LogP contribution in [-0.2, 0) is 10.0 Å². The van der Waals surface area contributed by atoms with Gasteiger partial charge in [0.1, 0.15) is 0 Å². The fraction of sp³-hybridized carbons (Fsp3) is 1.00. The van der Waals surface area contributed by atoms with Crippen molar-refractivity contribution in [3.63, 3.8) is 0 Å². The lowest BCUT2D eigenvalue weighted by atomic mass is 10.0. The zero-order chi connectivity index (χ0) is 12.7. The summed E-state index contributed by atoms with van der Waals surface area (Å²) < 4.78 is 24.4. The van der Waals surface area contributed by atoms with Crippen molar-refractivity contribution >= 4 is 10.0 Å². The van der Waals surface area contributed by atoms with E-state index in [1.807, 2.05) is 0 Å². The summed E-state index contributed by atoms with van der Waals surface area (Å²) in [5.41, 5.74) is 0.221. The molecule has 2 saturated heterocycles. The highest BCUT2D eigenvalue weighted by Crippen LogP contribution is 2.23. The molecule has 0 aromatic heterocycles. The Hall–Kier alpha value is -0.170. The van der Waals surface area contributed by atoms with Crippen molar-refractivity contribution in [2.45, 2.75) is 31.8 Å². The van der Waals surface area contributed by atoms with E-state index in [9.17, 15) is 8.42 Å². The molecule has 6 heteroatoms. The Morgan fingerprint density at radius 1 is 1.18 bits per heavy atom. The molecular weight excluding hydrogens is 238 g/mol. The molecule has 0 aromatic carbocycles. The molecule has 1 atom stereocenters. The van der Waals surface area contributed by atoms with Crippen LogP contribution in [0.2, 0.25) is 0 Å². The van der Waals surface area contributed by atoms with Crippen molar-refractivity contribution in [3.8, 4) is 0 Å². The summed E-state index contributed by atoms with van der Waals surface area (Å²) in [6.07, 6.45) is 2.44. The number of hydrogen-bond acceptors (Lipinski definition) is 4. The van der Waals surface area contributed by atoms with E-state index in [0.717, 1.165) is 26.1 Å². The van der Waals surface area contributed by atoms with Crippen LogP contribution in [0, 0.1) is 0 Å². The molecule has 1 unspecified atom stereocenters. The maximum absolute atomic E-state index is 11.4. The van der Waals surface area contributed by atoms with Gasteiger partial charge in [-0.1, -0.05) is 0 Å². The molecule has 100 valence electrons. The van der Waals surface area contributed by atoms with Crippen molar-refractivity contribution in [1.82, 2.24) is 14.5 Å². The van der Waals surface area contributed by atoms with E-state index < -0.39 is 10.0 Å². The molecule has 2 fully saturated rings. The van der Waals surface area contributed by atoms with Gasteiger partial charge in [-0.3, -0.25) is 4.90 Å². The molecule has 17 heavy (non-hydrogen) atoms. The van der Waals surface area contributed by atoms with Crippen LogP contribution >= 0.6 is 0 Å². The van der Waals surface area contributed by atoms with Crippen LogP contribution in [0.5, 0.6) is 0 Å². The van der Waals surface area contributed by atoms with Crippen molar-refractivity contribution < 1.29 is 8.42 Å². The van der Waals surface area contributed by atoms with E-state index in [1.165, 1.54) is 6.26 Å². The number of sulfonamides is 1. The Morgan fingerprint density at radius 3 is 2.18 bits per heavy atom. The minimum Gasteiger partial charge on any atom is -0.310 e. The molecule has 0 amide bonds. The largest absolute Gasteiger partial charge is 0.310 e. The second kappa shape index (κ2) is 4.50. The van der Waals surface area contributed by atoms with Crippen LogP contribution in [0.15, 0.2) is 0 Å². The Balaban J connectivity index is 1.88. The van der Waals surface area contributed by atoms with E-state index >= 15 is 0 Å². The topological polar surface area (TPSA) is 52.7 Å². The number of piperazine rings is 1. The van der Waals surface area contributed by atoms with Gasteiger partial charge in [-0.2, -0.15) is 4.31 Å². The van der Waals surface area contributed by atoms with Crippen LogP contribution in [0.25, 0.3) is 0 Å². The number of hydrogen-bond donors (Lipinski definition) is 1. The first-order chi connectivity index (χ1) is 7.78. The standard InChI is InChI=1S/C11H23N3O2S/c1-11(2)8-10(9-12-11)13-4-6-14(7-5-13)17(3,15)16/h10,12H,4-9H2,1-3H3. The highest BCUT2D eigenvalue weighted by molar-refractivity contribution is 7.88. The van der Waals surface area contributed by atoms with Gasteiger partial charge in [-0.05, 0) is 20.3 Å². The third kappa shape index (κ3) is 3.19. The molecule has 5 nitrogen and oxygen atoms in total. The highest BCUT2D eigenvalue weighted by atomic mass is 32.2. The van der Waals surface area contributed by atoms with Crippen LogP contribution in [0.4, 0.5) is 0 Å². The fourth-order valence-electron chi connectivity index (χ4n) is 2.79. The molecule has 2 aliphatic heterocycles. The van der Waals surface area contributed by atoms with Gasteiger partial charge in [0.05, 0.1) is 6.26 Å². The van der Waals surface area contributed by atoms with Crippen LogP contribution in [-0.4, -0.2) is 68.2 Å². The van der Waals surface area contributed by atoms with Crippen LogP contribution in [0.3, 0.4) is 0 Å². The average molecular weight is 261 g/mol. The van der Waals surface area contributed by atoms with Gasteiger partial charge in [0, 0.05) is 44.3 Å². The van der Waals surface area contributed by atoms with Gasteiger partial charge in [-0.15, -0.1) is 0 Å². The molecular formula is C11H23N3O2S. The van der Waals surface area contributed by atoms with E-state index in [-0.39, 0.29) is 5.54 Å². The zero-order valence-corrected chi connectivity index (χ0v) is 11.8. The quantitative estimate of drug-likeness (QED) is 0.742. The van der Waals surface area contributed by atoms with E-state index in [2.05, 4.69) is 24.1 Å². The normalized spacial score (nSPS) is 31.8. The first kappa shape index (κ1) is 13.3. The predicted molar refractivity (Wildman–Crippen MR) is 68.5 cm³/mol. The van der Waals surface area contributed by atoms with Gasteiger partial charge in [0.15, 0.2) is 0 Å². The minimum absolute atomic E-state index is 0.221. The van der Waals surface area contributed by atoms with E-state index in [0.29, 0.717) is 19.1 Å². The SMILES string of the molecule is CC1(C)CC(N2CCN(S(C)(=O)=O)CC2)CN1. The van der Waals surface area contributed by atoms with Crippen molar-refractivity contribution in [2.75, 3.05) is 39.0 Å². The second-order valence-electron chi connectivity index (χ2n) is 5.82. The third-order valence-electron chi connectivity index (χ3n) is 3.82. The fourth-order valence-corrected chi connectivity index (χ4v) is 3.61. The molecule has 0 aliphatic carbocycles. The lowest BCUT2D eigenvalue weighted by Crippen LogP contribution is -2.52. The number of nitrogens with zero attached hydrogens (tertiary/aromatic N) is 2. The van der Waals surface area contributed by atoms with Gasteiger partial charge >= 0.3 is 0 Å². The highest BCUT2D eigenvalue weighted by Gasteiger charge is 2.35. The van der Waals surface area contributed by atoms with Gasteiger partial charge < -0.3 is 5.32 Å². The predicted octanol–water partition coefficient (Wildman–Crippen LogP) is -0.296. The molecule has 2 aliphatic rings. The van der Waals surface area contributed by atoms with E-state index in [4.69, 9.17) is 0 Å². The Labute approximate surface area is 104 Å². The third-order valence-corrected chi connectivity index (χ3v) is 5.12. The van der Waals surface area contributed by atoms with Crippen LogP contribution < -0.4 is 5.32 Å². The Kier molecular flexibility index (Phi) is 3.51. The number of rotatable bonds is 2. The Bertz CT molecular complexity index is 372. The summed E-state index contributed by atoms with van der Waals surface area (Å²) in [5, 5.41) is 3.51. The summed E-state index contributed by atoms with van der Waals surface area (Å²) in [6.45, 7) is 8.45. The number of nitrogens with one attached hydrogen (secondary N) is 1. The molecule has 0 bridgehead atoms.